The molecule has 0 fully saturated rings. The summed E-state index contributed by atoms with van der Waals surface area (Å²) in [5.41, 5.74) is 9.17. The number of benzene rings is 2. The third-order valence-corrected chi connectivity index (χ3v) is 5.01. The van der Waals surface area contributed by atoms with E-state index < -0.39 is 11.9 Å². The maximum absolute atomic E-state index is 12.3. The third-order valence-electron chi connectivity index (χ3n) is 3.74. The number of hydrazine groups is 1. The molecule has 0 unspecified atom stereocenters. The Bertz CT molecular complexity index is 978. The van der Waals surface area contributed by atoms with Crippen LogP contribution in [0.3, 0.4) is 0 Å². The summed E-state index contributed by atoms with van der Waals surface area (Å²) in [5, 5.41) is 10.3. The van der Waals surface area contributed by atoms with E-state index in [4.69, 9.17) is 17.3 Å². The van der Waals surface area contributed by atoms with Gasteiger partial charge in [-0.05, 0) is 24.3 Å². The first-order valence-electron chi connectivity index (χ1n) is 8.18. The van der Waals surface area contributed by atoms with Crippen molar-refractivity contribution in [2.75, 3.05) is 10.8 Å². The molecule has 8 nitrogen and oxygen atoms in total. The topological polar surface area (TPSA) is 106 Å². The molecule has 0 saturated carbocycles. The summed E-state index contributed by atoms with van der Waals surface area (Å²) in [5.74, 6) is 0.310. The monoisotopic (exact) mass is 416 g/mol. The first-order valence-corrected chi connectivity index (χ1v) is 9.54. The number of carbonyl (C=O) groups is 2. The van der Waals surface area contributed by atoms with Gasteiger partial charge >= 0.3 is 6.03 Å². The van der Waals surface area contributed by atoms with Crippen LogP contribution in [-0.2, 0) is 11.8 Å². The smallest absolute Gasteiger partial charge is 0.338 e. The van der Waals surface area contributed by atoms with Gasteiger partial charge in [0, 0.05) is 17.6 Å². The number of aromatic nitrogens is 3. The standard InChI is InChI=1S/C18H17ClN6O2S/c1-24-16(12-5-3-2-4-6-12)21-22-18(24)28-11-15(26)23-25(17(20)27)14-9-7-13(19)8-10-14/h2-10H,11H2,1H3,(H2,20,27)(H,23,26). The molecule has 144 valence electrons. The molecular formula is C18H17ClN6O2S. The van der Waals surface area contributed by atoms with Crippen molar-refractivity contribution in [3.05, 3.63) is 59.6 Å². The summed E-state index contributed by atoms with van der Waals surface area (Å²) in [4.78, 5) is 24.0. The molecule has 3 amide bonds. The second-order valence-corrected chi connectivity index (χ2v) is 7.08. The van der Waals surface area contributed by atoms with Crippen molar-refractivity contribution in [1.29, 1.82) is 0 Å². The van der Waals surface area contributed by atoms with Crippen molar-refractivity contribution in [2.24, 2.45) is 12.8 Å². The van der Waals surface area contributed by atoms with Crippen LogP contribution in [0.15, 0.2) is 59.8 Å². The first kappa shape index (κ1) is 19.7. The Hall–Kier alpha value is -3.04. The number of nitrogens with zero attached hydrogens (tertiary/aromatic N) is 4. The summed E-state index contributed by atoms with van der Waals surface area (Å²) >= 11 is 7.04. The number of primary amides is 1. The fourth-order valence-electron chi connectivity index (χ4n) is 2.40. The van der Waals surface area contributed by atoms with Crippen LogP contribution in [0.1, 0.15) is 0 Å². The highest BCUT2D eigenvalue weighted by atomic mass is 35.5. The number of rotatable bonds is 5. The third kappa shape index (κ3) is 4.62. The van der Waals surface area contributed by atoms with E-state index in [0.717, 1.165) is 10.6 Å². The van der Waals surface area contributed by atoms with Gasteiger partial charge in [0.25, 0.3) is 0 Å². The highest BCUT2D eigenvalue weighted by molar-refractivity contribution is 7.99. The normalized spacial score (nSPS) is 10.5. The number of thioether (sulfide) groups is 1. The van der Waals surface area contributed by atoms with Crippen molar-refractivity contribution in [3.8, 4) is 11.4 Å². The Morgan fingerprint density at radius 2 is 1.82 bits per heavy atom. The van der Waals surface area contributed by atoms with E-state index in [1.807, 2.05) is 37.4 Å². The van der Waals surface area contributed by atoms with E-state index in [9.17, 15) is 9.59 Å². The Morgan fingerprint density at radius 3 is 2.46 bits per heavy atom. The fraction of sp³-hybridized carbons (Fsp3) is 0.111. The molecule has 10 heteroatoms. The summed E-state index contributed by atoms with van der Waals surface area (Å²) in [6.07, 6.45) is 0. The lowest BCUT2D eigenvalue weighted by Gasteiger charge is -2.21. The average molecular weight is 417 g/mol. The molecule has 0 aliphatic carbocycles. The van der Waals surface area contributed by atoms with Crippen LogP contribution in [0, 0.1) is 0 Å². The zero-order chi connectivity index (χ0) is 20.1. The molecule has 1 aromatic heterocycles. The van der Waals surface area contributed by atoms with Crippen molar-refractivity contribution >= 4 is 41.0 Å². The predicted octanol–water partition coefficient (Wildman–Crippen LogP) is 2.84. The molecule has 0 bridgehead atoms. The molecule has 0 spiro atoms. The number of hydrogen-bond donors (Lipinski definition) is 2. The van der Waals surface area contributed by atoms with Gasteiger partial charge in [-0.25, -0.2) is 9.80 Å². The van der Waals surface area contributed by atoms with Crippen molar-refractivity contribution in [3.63, 3.8) is 0 Å². The molecule has 3 aromatic rings. The summed E-state index contributed by atoms with van der Waals surface area (Å²) < 4.78 is 1.80. The lowest BCUT2D eigenvalue weighted by Crippen LogP contribution is -2.49. The van der Waals surface area contributed by atoms with Crippen molar-refractivity contribution < 1.29 is 9.59 Å². The van der Waals surface area contributed by atoms with Gasteiger partial charge in [-0.1, -0.05) is 53.7 Å². The molecule has 0 saturated heterocycles. The molecule has 0 aliphatic heterocycles. The number of halogens is 1. The lowest BCUT2D eigenvalue weighted by molar-refractivity contribution is -0.118. The van der Waals surface area contributed by atoms with Crippen LogP contribution >= 0.6 is 23.4 Å². The van der Waals surface area contributed by atoms with E-state index in [1.165, 1.54) is 11.8 Å². The van der Waals surface area contributed by atoms with E-state index in [-0.39, 0.29) is 5.75 Å². The first-order chi connectivity index (χ1) is 13.5. The minimum Gasteiger partial charge on any atom is -0.350 e. The van der Waals surface area contributed by atoms with Gasteiger partial charge in [0.1, 0.15) is 0 Å². The minimum absolute atomic E-state index is 0.0259. The molecule has 28 heavy (non-hydrogen) atoms. The minimum atomic E-state index is -0.814. The number of anilines is 1. The molecule has 0 atom stereocenters. The molecule has 0 radical (unpaired) electrons. The molecule has 3 rings (SSSR count). The number of amides is 3. The Kier molecular flexibility index (Phi) is 6.17. The van der Waals surface area contributed by atoms with Crippen molar-refractivity contribution in [1.82, 2.24) is 20.2 Å². The highest BCUT2D eigenvalue weighted by Gasteiger charge is 2.17. The quantitative estimate of drug-likeness (QED) is 0.491. The molecule has 2 aromatic carbocycles. The van der Waals surface area contributed by atoms with Gasteiger partial charge in [0.05, 0.1) is 11.4 Å². The van der Waals surface area contributed by atoms with Crippen LogP contribution in [0.2, 0.25) is 5.02 Å². The zero-order valence-electron chi connectivity index (χ0n) is 14.9. The van der Waals surface area contributed by atoms with Gasteiger partial charge in [-0.15, -0.1) is 10.2 Å². The van der Waals surface area contributed by atoms with Crippen molar-refractivity contribution in [2.45, 2.75) is 5.16 Å². The van der Waals surface area contributed by atoms with Gasteiger partial charge < -0.3 is 10.3 Å². The Labute approximate surface area is 170 Å². The summed E-state index contributed by atoms with van der Waals surface area (Å²) in [6.45, 7) is 0. The maximum Gasteiger partial charge on any atom is 0.338 e. The van der Waals surface area contributed by atoms with Gasteiger partial charge in [-0.3, -0.25) is 10.2 Å². The predicted molar refractivity (Wildman–Crippen MR) is 109 cm³/mol. The Balaban J connectivity index is 1.64. The van der Waals surface area contributed by atoms with Crippen LogP contribution in [0.4, 0.5) is 10.5 Å². The lowest BCUT2D eigenvalue weighted by atomic mass is 10.2. The van der Waals surface area contributed by atoms with Gasteiger partial charge in [-0.2, -0.15) is 0 Å². The molecular weight excluding hydrogens is 400 g/mol. The average Bonchev–Trinajstić information content (AvgIpc) is 3.06. The van der Waals surface area contributed by atoms with Gasteiger partial charge in [0.15, 0.2) is 11.0 Å². The highest BCUT2D eigenvalue weighted by Crippen LogP contribution is 2.22. The van der Waals surface area contributed by atoms with Gasteiger partial charge in [0.2, 0.25) is 5.91 Å². The number of hydrogen-bond acceptors (Lipinski definition) is 5. The van der Waals surface area contributed by atoms with Crippen LogP contribution in [0.5, 0.6) is 0 Å². The van der Waals surface area contributed by atoms with Crippen LogP contribution in [-0.4, -0.2) is 32.5 Å². The maximum atomic E-state index is 12.3. The fourth-order valence-corrected chi connectivity index (χ4v) is 3.23. The van der Waals surface area contributed by atoms with Crippen LogP contribution in [0.25, 0.3) is 11.4 Å². The number of nitrogens with one attached hydrogen (secondary N) is 1. The molecule has 1 heterocycles. The molecule has 0 aliphatic rings. The number of urea groups is 1. The van der Waals surface area contributed by atoms with E-state index in [1.54, 1.807) is 28.8 Å². The van der Waals surface area contributed by atoms with E-state index in [0.29, 0.717) is 21.7 Å². The van der Waals surface area contributed by atoms with E-state index in [2.05, 4.69) is 15.6 Å². The SMILES string of the molecule is Cn1c(SCC(=O)NN(C(N)=O)c2ccc(Cl)cc2)nnc1-c1ccccc1. The number of nitrogens with two attached hydrogens (primary N) is 1. The zero-order valence-corrected chi connectivity index (χ0v) is 16.4. The summed E-state index contributed by atoms with van der Waals surface area (Å²) in [6, 6.07) is 15.2. The van der Waals surface area contributed by atoms with E-state index >= 15 is 0 Å². The second-order valence-electron chi connectivity index (χ2n) is 5.70. The largest absolute Gasteiger partial charge is 0.350 e. The molecule has 3 N–H and O–H groups in total. The number of carbonyl (C=O) groups excluding carboxylic acids is 2. The second kappa shape index (κ2) is 8.77. The Morgan fingerprint density at radius 1 is 1.14 bits per heavy atom. The van der Waals surface area contributed by atoms with Crippen LogP contribution < -0.4 is 16.2 Å². The summed E-state index contributed by atoms with van der Waals surface area (Å²) in [7, 11) is 1.83.